The molecular formula is C23H27FN2O2. The van der Waals surface area contributed by atoms with Crippen LogP contribution in [0.25, 0.3) is 16.9 Å². The fourth-order valence-corrected chi connectivity index (χ4v) is 3.62. The van der Waals surface area contributed by atoms with Gasteiger partial charge in [0.25, 0.3) is 0 Å². The molecule has 0 saturated heterocycles. The number of halogens is 1. The van der Waals surface area contributed by atoms with Crippen LogP contribution in [0.4, 0.5) is 4.39 Å². The third kappa shape index (κ3) is 3.99. The lowest BCUT2D eigenvalue weighted by atomic mass is 9.96. The van der Waals surface area contributed by atoms with Gasteiger partial charge in [0.05, 0.1) is 11.4 Å². The Balaban J connectivity index is 2.14. The van der Waals surface area contributed by atoms with Crippen LogP contribution in [-0.4, -0.2) is 26.9 Å². The molecule has 2 aromatic heterocycles. The van der Waals surface area contributed by atoms with Crippen molar-refractivity contribution in [1.82, 2.24) is 9.38 Å². The summed E-state index contributed by atoms with van der Waals surface area (Å²) >= 11 is 0. The lowest BCUT2D eigenvalue weighted by Gasteiger charge is -2.11. The molecular weight excluding hydrogens is 355 g/mol. The molecule has 0 amide bonds. The van der Waals surface area contributed by atoms with E-state index >= 15 is 4.39 Å². The number of Topliss-reactive ketones (excluding diaryl/α,β-unsaturated/α-hetero) is 1. The van der Waals surface area contributed by atoms with Crippen LogP contribution in [0.5, 0.6) is 0 Å². The molecule has 0 unspecified atom stereocenters. The predicted molar refractivity (Wildman–Crippen MR) is 109 cm³/mol. The molecule has 1 aromatic carbocycles. The van der Waals surface area contributed by atoms with Gasteiger partial charge in [-0.3, -0.25) is 4.79 Å². The van der Waals surface area contributed by atoms with E-state index in [1.54, 1.807) is 6.07 Å². The summed E-state index contributed by atoms with van der Waals surface area (Å²) in [6.45, 7) is 5.90. The molecule has 1 N–H and O–H groups in total. The average Bonchev–Trinajstić information content (AvgIpc) is 2.98. The van der Waals surface area contributed by atoms with Crippen molar-refractivity contribution in [1.29, 1.82) is 0 Å². The zero-order valence-corrected chi connectivity index (χ0v) is 16.8. The number of aromatic nitrogens is 2. The van der Waals surface area contributed by atoms with E-state index in [2.05, 4.69) is 0 Å². The van der Waals surface area contributed by atoms with E-state index in [4.69, 9.17) is 10.1 Å². The Kier molecular flexibility index (Phi) is 6.25. The number of rotatable bonds is 8. The third-order valence-corrected chi connectivity index (χ3v) is 5.03. The highest BCUT2D eigenvalue weighted by Gasteiger charge is 2.21. The van der Waals surface area contributed by atoms with E-state index in [-0.39, 0.29) is 12.4 Å². The van der Waals surface area contributed by atoms with E-state index < -0.39 is 5.82 Å². The number of nitrogens with zero attached hydrogens (tertiary/aromatic N) is 2. The molecule has 5 heteroatoms. The number of aliphatic hydroxyl groups excluding tert-OH is 1. The number of unbranched alkanes of at least 4 members (excludes halogenated alkanes) is 1. The number of carbonyl (C=O) groups is 1. The van der Waals surface area contributed by atoms with Crippen LogP contribution in [0.1, 0.15) is 59.8 Å². The summed E-state index contributed by atoms with van der Waals surface area (Å²) < 4.78 is 17.1. The SMILES string of the molecule is CCCC(=O)c1cc(C)c(-c2nc3cc(C)ccn3c2CCCCO)c(F)c1. The number of ketones is 1. The van der Waals surface area contributed by atoms with Crippen molar-refractivity contribution >= 4 is 11.4 Å². The average molecular weight is 382 g/mol. The van der Waals surface area contributed by atoms with E-state index in [0.717, 1.165) is 29.7 Å². The highest BCUT2D eigenvalue weighted by molar-refractivity contribution is 5.97. The summed E-state index contributed by atoms with van der Waals surface area (Å²) in [5, 5.41) is 9.13. The molecule has 3 rings (SSSR count). The smallest absolute Gasteiger partial charge is 0.162 e. The van der Waals surface area contributed by atoms with Gasteiger partial charge in [-0.15, -0.1) is 0 Å². The molecule has 0 atom stereocenters. The minimum Gasteiger partial charge on any atom is -0.396 e. The fourth-order valence-electron chi connectivity index (χ4n) is 3.62. The summed E-state index contributed by atoms with van der Waals surface area (Å²) in [4.78, 5) is 16.9. The van der Waals surface area contributed by atoms with Crippen LogP contribution in [0.2, 0.25) is 0 Å². The second-order valence-electron chi connectivity index (χ2n) is 7.34. The number of aliphatic hydroxyl groups is 1. The number of fused-ring (bicyclic) bond motifs is 1. The summed E-state index contributed by atoms with van der Waals surface area (Å²) in [5.41, 5.74) is 4.99. The monoisotopic (exact) mass is 382 g/mol. The first-order valence-electron chi connectivity index (χ1n) is 9.88. The normalized spacial score (nSPS) is 11.3. The number of benzene rings is 1. The third-order valence-electron chi connectivity index (χ3n) is 5.03. The Bertz CT molecular complexity index is 984. The van der Waals surface area contributed by atoms with Crippen LogP contribution in [0.15, 0.2) is 30.5 Å². The van der Waals surface area contributed by atoms with Crippen molar-refractivity contribution in [3.8, 4) is 11.3 Å². The quantitative estimate of drug-likeness (QED) is 0.438. The van der Waals surface area contributed by atoms with E-state index in [1.165, 1.54) is 6.07 Å². The van der Waals surface area contributed by atoms with Gasteiger partial charge < -0.3 is 9.51 Å². The Morgan fingerprint density at radius 1 is 1.21 bits per heavy atom. The molecule has 0 fully saturated rings. The standard InChI is InChI=1S/C23H27FN2O2/c1-4-7-20(28)17-13-16(3)22(18(24)14-17)23-19(8-5-6-11-27)26-10-9-15(2)12-21(26)25-23/h9-10,12-14,27H,4-8,11H2,1-3H3. The van der Waals surface area contributed by atoms with Gasteiger partial charge in [0.2, 0.25) is 0 Å². The van der Waals surface area contributed by atoms with Crippen molar-refractivity contribution in [2.75, 3.05) is 6.61 Å². The van der Waals surface area contributed by atoms with Crippen molar-refractivity contribution in [2.24, 2.45) is 0 Å². The summed E-state index contributed by atoms with van der Waals surface area (Å²) in [5.74, 6) is -0.451. The van der Waals surface area contributed by atoms with Crippen molar-refractivity contribution in [3.63, 3.8) is 0 Å². The van der Waals surface area contributed by atoms with Gasteiger partial charge >= 0.3 is 0 Å². The van der Waals surface area contributed by atoms with Crippen LogP contribution in [0.3, 0.4) is 0 Å². The molecule has 3 aromatic rings. The molecule has 0 bridgehead atoms. The maximum atomic E-state index is 15.1. The zero-order valence-electron chi connectivity index (χ0n) is 16.8. The van der Waals surface area contributed by atoms with E-state index in [1.807, 2.05) is 43.5 Å². The molecule has 4 nitrogen and oxygen atoms in total. The Hall–Kier alpha value is -2.53. The highest BCUT2D eigenvalue weighted by atomic mass is 19.1. The molecule has 0 aliphatic carbocycles. The first kappa shape index (κ1) is 20.2. The minimum atomic E-state index is -0.414. The highest BCUT2D eigenvalue weighted by Crippen LogP contribution is 2.32. The molecule has 0 aliphatic heterocycles. The lowest BCUT2D eigenvalue weighted by molar-refractivity contribution is 0.0981. The second kappa shape index (κ2) is 8.65. The number of carbonyl (C=O) groups excluding carboxylic acids is 1. The summed E-state index contributed by atoms with van der Waals surface area (Å²) in [6, 6.07) is 7.09. The van der Waals surface area contributed by atoms with Gasteiger partial charge in [0.1, 0.15) is 11.5 Å². The maximum Gasteiger partial charge on any atom is 0.162 e. The Morgan fingerprint density at radius 2 is 2.00 bits per heavy atom. The van der Waals surface area contributed by atoms with Crippen LogP contribution in [0, 0.1) is 19.7 Å². The second-order valence-corrected chi connectivity index (χ2v) is 7.34. The lowest BCUT2D eigenvalue weighted by Crippen LogP contribution is -2.03. The van der Waals surface area contributed by atoms with Gasteiger partial charge in [-0.25, -0.2) is 9.37 Å². The number of hydrogen-bond donors (Lipinski definition) is 1. The number of hydrogen-bond acceptors (Lipinski definition) is 3. The Morgan fingerprint density at radius 3 is 2.68 bits per heavy atom. The zero-order chi connectivity index (χ0) is 20.3. The molecule has 0 aliphatic rings. The minimum absolute atomic E-state index is 0.0372. The molecule has 2 heterocycles. The number of pyridine rings is 1. The van der Waals surface area contributed by atoms with E-state index in [9.17, 15) is 4.79 Å². The number of imidazole rings is 1. The molecule has 148 valence electrons. The van der Waals surface area contributed by atoms with Gasteiger partial charge in [-0.1, -0.05) is 6.92 Å². The molecule has 0 radical (unpaired) electrons. The van der Waals surface area contributed by atoms with Gasteiger partial charge in [-0.2, -0.15) is 0 Å². The van der Waals surface area contributed by atoms with Gasteiger partial charge in [0, 0.05) is 30.4 Å². The molecule has 28 heavy (non-hydrogen) atoms. The largest absolute Gasteiger partial charge is 0.396 e. The first-order chi connectivity index (χ1) is 13.5. The van der Waals surface area contributed by atoms with Crippen molar-refractivity contribution < 1.29 is 14.3 Å². The Labute approximate surface area is 165 Å². The van der Waals surface area contributed by atoms with Gasteiger partial charge in [-0.05, 0) is 74.9 Å². The summed E-state index contributed by atoms with van der Waals surface area (Å²) in [7, 11) is 0. The van der Waals surface area contributed by atoms with Crippen LogP contribution < -0.4 is 0 Å². The van der Waals surface area contributed by atoms with Crippen molar-refractivity contribution in [3.05, 3.63) is 58.7 Å². The first-order valence-corrected chi connectivity index (χ1v) is 9.88. The predicted octanol–water partition coefficient (Wildman–Crippen LogP) is 5.06. The molecule has 0 saturated carbocycles. The van der Waals surface area contributed by atoms with Crippen LogP contribution in [-0.2, 0) is 6.42 Å². The topological polar surface area (TPSA) is 54.6 Å². The summed E-state index contributed by atoms with van der Waals surface area (Å²) in [6.07, 6.45) is 5.28. The van der Waals surface area contributed by atoms with Gasteiger partial charge in [0.15, 0.2) is 5.78 Å². The van der Waals surface area contributed by atoms with Crippen LogP contribution >= 0.6 is 0 Å². The maximum absolute atomic E-state index is 15.1. The van der Waals surface area contributed by atoms with E-state index in [0.29, 0.717) is 41.6 Å². The number of aryl methyl sites for hydroxylation is 3. The fraction of sp³-hybridized carbons (Fsp3) is 0.391. The van der Waals surface area contributed by atoms with Crippen molar-refractivity contribution in [2.45, 2.75) is 52.9 Å². The molecule has 0 spiro atoms.